The second-order valence-electron chi connectivity index (χ2n) is 9.25. The van der Waals surface area contributed by atoms with E-state index in [-0.39, 0.29) is 27.3 Å². The zero-order valence-electron chi connectivity index (χ0n) is 23.6. The summed E-state index contributed by atoms with van der Waals surface area (Å²) in [6.45, 7) is -0.0475. The third kappa shape index (κ3) is 6.77. The van der Waals surface area contributed by atoms with Crippen LogP contribution in [0, 0.1) is 5.82 Å². The number of amides is 2. The third-order valence-corrected chi connectivity index (χ3v) is 9.16. The second-order valence-corrected chi connectivity index (χ2v) is 12.7. The molecule has 234 valence electrons. The standard InChI is InChI=1S/C28H24ClFN6O7S2/c1-41-19-8-6-17(23(11-19)42-2)15-45(39,40)36(28-33-14-25(29)44-28)35-22-5-3-4-16(21(22)13-34-35)12-32-26(37)20-9-7-18(30)10-24(20)43-27(31)38/h3-11,13-14H,12,15H2,1-2H3,(H2,31,38)(H,32,37). The summed E-state index contributed by atoms with van der Waals surface area (Å²) in [7, 11) is -1.32. The number of aromatic nitrogens is 3. The summed E-state index contributed by atoms with van der Waals surface area (Å²) >= 11 is 7.08. The van der Waals surface area contributed by atoms with Crippen LogP contribution in [0.4, 0.5) is 14.3 Å². The molecule has 45 heavy (non-hydrogen) atoms. The van der Waals surface area contributed by atoms with Crippen molar-refractivity contribution in [1.29, 1.82) is 0 Å². The van der Waals surface area contributed by atoms with Gasteiger partial charge in [-0.25, -0.2) is 22.6 Å². The van der Waals surface area contributed by atoms with Gasteiger partial charge in [-0.05, 0) is 29.8 Å². The lowest BCUT2D eigenvalue weighted by atomic mass is 10.1. The zero-order valence-corrected chi connectivity index (χ0v) is 26.0. The molecular weight excluding hydrogens is 651 g/mol. The van der Waals surface area contributed by atoms with Gasteiger partial charge in [0.2, 0.25) is 5.13 Å². The molecule has 0 spiro atoms. The molecule has 17 heteroatoms. The Morgan fingerprint density at radius 1 is 1.07 bits per heavy atom. The molecule has 2 heterocycles. The predicted octanol–water partition coefficient (Wildman–Crippen LogP) is 4.49. The molecule has 5 rings (SSSR count). The zero-order chi connectivity index (χ0) is 32.3. The Hall–Kier alpha value is -4.93. The lowest BCUT2D eigenvalue weighted by Crippen LogP contribution is -2.37. The molecule has 0 aliphatic carbocycles. The Labute approximate surface area is 264 Å². The van der Waals surface area contributed by atoms with E-state index in [1.54, 1.807) is 36.4 Å². The van der Waals surface area contributed by atoms with Gasteiger partial charge in [0.15, 0.2) is 0 Å². The summed E-state index contributed by atoms with van der Waals surface area (Å²) in [6, 6.07) is 12.9. The Bertz CT molecular complexity index is 2020. The summed E-state index contributed by atoms with van der Waals surface area (Å²) in [5.74, 6) is -1.43. The minimum absolute atomic E-state index is 0.0366. The van der Waals surface area contributed by atoms with Gasteiger partial charge in [0.1, 0.15) is 27.4 Å². The number of fused-ring (bicyclic) bond motifs is 1. The maximum absolute atomic E-state index is 14.0. The normalized spacial score (nSPS) is 11.3. The first-order chi connectivity index (χ1) is 21.5. The number of rotatable bonds is 11. The van der Waals surface area contributed by atoms with Crippen LogP contribution in [0.25, 0.3) is 10.9 Å². The molecule has 3 aromatic carbocycles. The molecule has 0 aliphatic heterocycles. The molecule has 0 saturated carbocycles. The van der Waals surface area contributed by atoms with Gasteiger partial charge >= 0.3 is 6.09 Å². The fourth-order valence-electron chi connectivity index (χ4n) is 4.42. The van der Waals surface area contributed by atoms with Gasteiger partial charge in [0.25, 0.3) is 15.9 Å². The highest BCUT2D eigenvalue weighted by Crippen LogP contribution is 2.34. The second kappa shape index (κ2) is 13.0. The quantitative estimate of drug-likeness (QED) is 0.205. The summed E-state index contributed by atoms with van der Waals surface area (Å²) in [5, 5.41) is 7.60. The molecule has 0 unspecified atom stereocenters. The van der Waals surface area contributed by atoms with Gasteiger partial charge in [0, 0.05) is 29.6 Å². The number of carbonyl (C=O) groups excluding carboxylic acids is 2. The van der Waals surface area contributed by atoms with Crippen molar-refractivity contribution in [1.82, 2.24) is 20.2 Å². The molecule has 13 nitrogen and oxygen atoms in total. The molecule has 0 saturated heterocycles. The van der Waals surface area contributed by atoms with Gasteiger partial charge < -0.3 is 25.3 Å². The number of primary amides is 1. The molecule has 2 aromatic heterocycles. The van der Waals surface area contributed by atoms with Crippen LogP contribution in [0.1, 0.15) is 21.5 Å². The highest BCUT2D eigenvalue weighted by molar-refractivity contribution is 7.92. The summed E-state index contributed by atoms with van der Waals surface area (Å²) < 4.78 is 58.4. The van der Waals surface area contributed by atoms with E-state index in [0.717, 1.165) is 34.0 Å². The molecule has 5 aromatic rings. The van der Waals surface area contributed by atoms with E-state index in [0.29, 0.717) is 33.5 Å². The Morgan fingerprint density at radius 3 is 2.56 bits per heavy atom. The van der Waals surface area contributed by atoms with E-state index >= 15 is 0 Å². The smallest absolute Gasteiger partial charge is 0.409 e. The number of nitrogens with zero attached hydrogens (tertiary/aromatic N) is 4. The Balaban J connectivity index is 1.49. The molecular formula is C28H24ClFN6O7S2. The van der Waals surface area contributed by atoms with Crippen molar-refractivity contribution in [2.75, 3.05) is 18.6 Å². The number of hydrogen-bond acceptors (Lipinski definition) is 10. The van der Waals surface area contributed by atoms with Gasteiger partial charge in [-0.1, -0.05) is 41.1 Å². The molecule has 0 atom stereocenters. The topological polar surface area (TPSA) is 168 Å². The van der Waals surface area contributed by atoms with Crippen LogP contribution in [0.5, 0.6) is 17.2 Å². The van der Waals surface area contributed by atoms with E-state index in [2.05, 4.69) is 15.4 Å². The molecule has 3 N–H and O–H groups in total. The van der Waals surface area contributed by atoms with Crippen LogP contribution >= 0.6 is 22.9 Å². The number of carbonyl (C=O) groups is 2. The number of sulfonamides is 1. The number of ether oxygens (including phenoxy) is 3. The van der Waals surface area contributed by atoms with E-state index in [1.807, 2.05) is 0 Å². The molecule has 0 bridgehead atoms. The molecule has 0 fully saturated rings. The summed E-state index contributed by atoms with van der Waals surface area (Å²) in [5.41, 5.74) is 6.23. The Kier molecular flexibility index (Phi) is 9.08. The van der Waals surface area contributed by atoms with Crippen LogP contribution in [0.3, 0.4) is 0 Å². The first-order valence-electron chi connectivity index (χ1n) is 12.9. The average molecular weight is 675 g/mol. The van der Waals surface area contributed by atoms with Crippen LogP contribution in [-0.2, 0) is 22.3 Å². The van der Waals surface area contributed by atoms with Crippen LogP contribution < -0.4 is 29.7 Å². The molecule has 0 radical (unpaired) electrons. The van der Waals surface area contributed by atoms with E-state index < -0.39 is 33.6 Å². The van der Waals surface area contributed by atoms with Crippen LogP contribution in [-0.4, -0.2) is 49.5 Å². The van der Waals surface area contributed by atoms with Crippen molar-refractivity contribution < 1.29 is 36.6 Å². The summed E-state index contributed by atoms with van der Waals surface area (Å²) in [4.78, 5) is 29.6. The lowest BCUT2D eigenvalue weighted by Gasteiger charge is -2.22. The first-order valence-corrected chi connectivity index (χ1v) is 15.7. The van der Waals surface area contributed by atoms with E-state index in [4.69, 9.17) is 31.5 Å². The fraction of sp³-hybridized carbons (Fsp3) is 0.143. The lowest BCUT2D eigenvalue weighted by molar-refractivity contribution is 0.0948. The van der Waals surface area contributed by atoms with Crippen molar-refractivity contribution in [2.24, 2.45) is 5.73 Å². The van der Waals surface area contributed by atoms with Crippen molar-refractivity contribution in [3.63, 3.8) is 0 Å². The van der Waals surface area contributed by atoms with Gasteiger partial charge in [-0.2, -0.15) is 9.89 Å². The largest absolute Gasteiger partial charge is 0.497 e. The van der Waals surface area contributed by atoms with Crippen LogP contribution in [0.2, 0.25) is 4.34 Å². The number of nitrogens with one attached hydrogen (secondary N) is 1. The number of hydrogen-bond donors (Lipinski definition) is 2. The van der Waals surface area contributed by atoms with Gasteiger partial charge in [0.05, 0.1) is 43.4 Å². The minimum atomic E-state index is -4.22. The summed E-state index contributed by atoms with van der Waals surface area (Å²) in [6.07, 6.45) is 1.57. The Morgan fingerprint density at radius 2 is 1.87 bits per heavy atom. The average Bonchev–Trinajstić information content (AvgIpc) is 3.62. The number of nitrogens with two attached hydrogens (primary N) is 1. The van der Waals surface area contributed by atoms with Crippen molar-refractivity contribution in [2.45, 2.75) is 12.3 Å². The monoisotopic (exact) mass is 674 g/mol. The minimum Gasteiger partial charge on any atom is -0.497 e. The number of methoxy groups -OCH3 is 2. The van der Waals surface area contributed by atoms with E-state index in [9.17, 15) is 22.4 Å². The van der Waals surface area contributed by atoms with Crippen molar-refractivity contribution in [3.8, 4) is 17.2 Å². The van der Waals surface area contributed by atoms with Crippen molar-refractivity contribution >= 4 is 61.0 Å². The number of thiazole rings is 1. The number of halogens is 2. The van der Waals surface area contributed by atoms with Crippen molar-refractivity contribution in [3.05, 3.63) is 93.8 Å². The third-order valence-electron chi connectivity index (χ3n) is 6.42. The molecule has 0 aliphatic rings. The van der Waals surface area contributed by atoms with Gasteiger partial charge in [-0.15, -0.1) is 4.41 Å². The van der Waals surface area contributed by atoms with Gasteiger partial charge in [-0.3, -0.25) is 4.79 Å². The van der Waals surface area contributed by atoms with E-state index in [1.165, 1.54) is 31.4 Å². The maximum Gasteiger partial charge on any atom is 0.409 e. The fourth-order valence-corrected chi connectivity index (χ4v) is 7.08. The first kappa shape index (κ1) is 31.5. The highest BCUT2D eigenvalue weighted by Gasteiger charge is 2.31. The maximum atomic E-state index is 14.0. The molecule has 2 amide bonds. The number of anilines is 1. The number of benzene rings is 3. The SMILES string of the molecule is COc1ccc(CS(=O)(=O)N(c2ncc(Cl)s2)n2ncc3c(CNC(=O)c4ccc(F)cc4OC(N)=O)cccc32)c(OC)c1. The predicted molar refractivity (Wildman–Crippen MR) is 165 cm³/mol. The van der Waals surface area contributed by atoms with Crippen LogP contribution in [0.15, 0.2) is 67.0 Å². The highest BCUT2D eigenvalue weighted by atomic mass is 35.5.